The van der Waals surface area contributed by atoms with Crippen molar-refractivity contribution in [2.75, 3.05) is 13.2 Å². The summed E-state index contributed by atoms with van der Waals surface area (Å²) in [5, 5.41) is 11.0. The van der Waals surface area contributed by atoms with E-state index in [4.69, 9.17) is 20.8 Å². The van der Waals surface area contributed by atoms with E-state index >= 15 is 0 Å². The van der Waals surface area contributed by atoms with Gasteiger partial charge in [-0.15, -0.1) is 10.2 Å². The molecule has 8 heteroatoms. The summed E-state index contributed by atoms with van der Waals surface area (Å²) in [7, 11) is 0. The number of hydrogen-bond acceptors (Lipinski definition) is 5. The van der Waals surface area contributed by atoms with E-state index in [0.29, 0.717) is 29.6 Å². The lowest BCUT2D eigenvalue weighted by molar-refractivity contribution is -0.123. The largest absolute Gasteiger partial charge is 0.484 e. The fraction of sp³-hybridized carbons (Fsp3) is 0.167. The molecular weight excluding hydrogens is 361 g/mol. The van der Waals surface area contributed by atoms with Gasteiger partial charge in [0.15, 0.2) is 6.61 Å². The average Bonchev–Trinajstić information content (AvgIpc) is 3.10. The van der Waals surface area contributed by atoms with Crippen LogP contribution in [0.15, 0.2) is 52.9 Å². The van der Waals surface area contributed by atoms with Crippen molar-refractivity contribution >= 4 is 17.5 Å². The first-order chi connectivity index (χ1) is 12.6. The van der Waals surface area contributed by atoms with Gasteiger partial charge in [0.2, 0.25) is 5.89 Å². The molecule has 0 radical (unpaired) electrons. The van der Waals surface area contributed by atoms with E-state index in [2.05, 4.69) is 15.5 Å². The maximum absolute atomic E-state index is 13.7. The van der Waals surface area contributed by atoms with Crippen LogP contribution in [0.25, 0.3) is 11.5 Å². The highest BCUT2D eigenvalue weighted by Crippen LogP contribution is 2.20. The van der Waals surface area contributed by atoms with Crippen molar-refractivity contribution in [1.29, 1.82) is 0 Å². The standard InChI is InChI=1S/C18H15ClFN3O3/c19-12-5-7-13(8-6-12)25-11-16(24)21-10-9-17-22-23-18(26-17)14-3-1-2-4-15(14)20/h1-8H,9-11H2,(H,21,24). The molecule has 0 aliphatic rings. The molecule has 1 heterocycles. The summed E-state index contributed by atoms with van der Waals surface area (Å²) < 4.78 is 24.4. The van der Waals surface area contributed by atoms with Gasteiger partial charge >= 0.3 is 0 Å². The molecule has 0 aliphatic carbocycles. The summed E-state index contributed by atoms with van der Waals surface area (Å²) in [6.45, 7) is 0.174. The molecule has 0 aliphatic heterocycles. The topological polar surface area (TPSA) is 77.2 Å². The van der Waals surface area contributed by atoms with Crippen LogP contribution >= 0.6 is 11.6 Å². The number of ether oxygens (including phenoxy) is 1. The summed E-state index contributed by atoms with van der Waals surface area (Å²) in [6, 6.07) is 12.9. The molecule has 0 saturated carbocycles. The molecule has 0 spiro atoms. The van der Waals surface area contributed by atoms with E-state index in [1.54, 1.807) is 42.5 Å². The second-order valence-corrected chi connectivity index (χ2v) is 5.76. The van der Waals surface area contributed by atoms with Crippen molar-refractivity contribution in [2.24, 2.45) is 0 Å². The van der Waals surface area contributed by atoms with E-state index in [1.165, 1.54) is 6.07 Å². The molecule has 1 amide bonds. The molecule has 0 atom stereocenters. The van der Waals surface area contributed by atoms with Crippen LogP contribution in [0.4, 0.5) is 4.39 Å². The predicted molar refractivity (Wildman–Crippen MR) is 93.4 cm³/mol. The van der Waals surface area contributed by atoms with Gasteiger partial charge in [-0.2, -0.15) is 0 Å². The van der Waals surface area contributed by atoms with Crippen LogP contribution in [0.5, 0.6) is 5.75 Å². The third kappa shape index (κ3) is 4.80. The SMILES string of the molecule is O=C(COc1ccc(Cl)cc1)NCCc1nnc(-c2ccccc2F)o1. The normalized spacial score (nSPS) is 10.5. The lowest BCUT2D eigenvalue weighted by Crippen LogP contribution is -2.30. The van der Waals surface area contributed by atoms with E-state index < -0.39 is 5.82 Å². The van der Waals surface area contributed by atoms with Gasteiger partial charge in [0.1, 0.15) is 11.6 Å². The molecule has 1 aromatic heterocycles. The highest BCUT2D eigenvalue weighted by molar-refractivity contribution is 6.30. The molecule has 0 fully saturated rings. The van der Waals surface area contributed by atoms with Crippen molar-refractivity contribution in [3.63, 3.8) is 0 Å². The molecule has 26 heavy (non-hydrogen) atoms. The van der Waals surface area contributed by atoms with Gasteiger partial charge in [0.05, 0.1) is 5.56 Å². The molecule has 6 nitrogen and oxygen atoms in total. The Morgan fingerprint density at radius 2 is 1.92 bits per heavy atom. The minimum Gasteiger partial charge on any atom is -0.484 e. The van der Waals surface area contributed by atoms with Crippen LogP contribution in [0.2, 0.25) is 5.02 Å². The average molecular weight is 376 g/mol. The van der Waals surface area contributed by atoms with E-state index in [0.717, 1.165) is 0 Å². The van der Waals surface area contributed by atoms with Crippen LogP contribution in [0, 0.1) is 5.82 Å². The van der Waals surface area contributed by atoms with Crippen molar-refractivity contribution in [1.82, 2.24) is 15.5 Å². The Morgan fingerprint density at radius 3 is 2.69 bits per heavy atom. The summed E-state index contributed by atoms with van der Waals surface area (Å²) in [4.78, 5) is 11.8. The molecule has 2 aromatic carbocycles. The van der Waals surface area contributed by atoms with Gasteiger partial charge in [-0.25, -0.2) is 4.39 Å². The Balaban J connectivity index is 1.44. The Labute approximate surface area is 154 Å². The highest BCUT2D eigenvalue weighted by atomic mass is 35.5. The van der Waals surface area contributed by atoms with E-state index in [1.807, 2.05) is 0 Å². The smallest absolute Gasteiger partial charge is 0.257 e. The van der Waals surface area contributed by atoms with Gasteiger partial charge in [0, 0.05) is 18.0 Å². The zero-order valence-corrected chi connectivity index (χ0v) is 14.4. The van der Waals surface area contributed by atoms with Gasteiger partial charge in [-0.1, -0.05) is 23.7 Å². The first-order valence-corrected chi connectivity index (χ1v) is 8.22. The quantitative estimate of drug-likeness (QED) is 0.685. The minimum absolute atomic E-state index is 0.107. The first kappa shape index (κ1) is 17.9. The second kappa shape index (κ2) is 8.44. The first-order valence-electron chi connectivity index (χ1n) is 7.84. The van der Waals surface area contributed by atoms with Crippen LogP contribution < -0.4 is 10.1 Å². The molecule has 3 aromatic rings. The molecule has 3 rings (SSSR count). The number of halogens is 2. The summed E-state index contributed by atoms with van der Waals surface area (Å²) >= 11 is 5.78. The maximum atomic E-state index is 13.7. The third-order valence-corrected chi connectivity index (χ3v) is 3.67. The maximum Gasteiger partial charge on any atom is 0.257 e. The fourth-order valence-corrected chi connectivity index (χ4v) is 2.26. The number of carbonyl (C=O) groups is 1. The molecule has 0 saturated heterocycles. The lowest BCUT2D eigenvalue weighted by atomic mass is 10.2. The summed E-state index contributed by atoms with van der Waals surface area (Å²) in [5.74, 6) is 0.248. The van der Waals surface area contributed by atoms with Crippen molar-refractivity contribution in [3.05, 3.63) is 65.3 Å². The van der Waals surface area contributed by atoms with Crippen molar-refractivity contribution in [2.45, 2.75) is 6.42 Å². The molecule has 134 valence electrons. The van der Waals surface area contributed by atoms with Crippen LogP contribution in [-0.4, -0.2) is 29.3 Å². The van der Waals surface area contributed by atoms with E-state index in [9.17, 15) is 9.18 Å². The Hall–Kier alpha value is -2.93. The van der Waals surface area contributed by atoms with Crippen LogP contribution in [0.1, 0.15) is 5.89 Å². The molecule has 1 N–H and O–H groups in total. The number of rotatable bonds is 7. The minimum atomic E-state index is -0.435. The number of aromatic nitrogens is 2. The highest BCUT2D eigenvalue weighted by Gasteiger charge is 2.12. The van der Waals surface area contributed by atoms with Gasteiger partial charge in [0.25, 0.3) is 11.8 Å². The van der Waals surface area contributed by atoms with Gasteiger partial charge in [-0.05, 0) is 36.4 Å². The Kier molecular flexibility index (Phi) is 5.80. The number of hydrogen-bond donors (Lipinski definition) is 1. The monoisotopic (exact) mass is 375 g/mol. The summed E-state index contributed by atoms with van der Waals surface area (Å²) in [6.07, 6.45) is 0.328. The Bertz CT molecular complexity index is 883. The number of nitrogens with one attached hydrogen (secondary N) is 1. The fourth-order valence-electron chi connectivity index (χ4n) is 2.14. The number of amides is 1. The van der Waals surface area contributed by atoms with Crippen LogP contribution in [0.3, 0.4) is 0 Å². The zero-order chi connectivity index (χ0) is 18.4. The van der Waals surface area contributed by atoms with Gasteiger partial charge in [-0.3, -0.25) is 4.79 Å². The third-order valence-electron chi connectivity index (χ3n) is 3.42. The number of nitrogens with zero attached hydrogens (tertiary/aromatic N) is 2. The predicted octanol–water partition coefficient (Wildman–Crippen LogP) is 3.27. The van der Waals surface area contributed by atoms with Crippen molar-refractivity contribution in [3.8, 4) is 17.2 Å². The van der Waals surface area contributed by atoms with Crippen molar-refractivity contribution < 1.29 is 18.3 Å². The number of carbonyl (C=O) groups excluding carboxylic acids is 1. The molecule has 0 unspecified atom stereocenters. The van der Waals surface area contributed by atoms with Crippen LogP contribution in [-0.2, 0) is 11.2 Å². The second-order valence-electron chi connectivity index (χ2n) is 5.32. The lowest BCUT2D eigenvalue weighted by Gasteiger charge is -2.06. The van der Waals surface area contributed by atoms with Gasteiger partial charge < -0.3 is 14.5 Å². The number of benzene rings is 2. The Morgan fingerprint density at radius 1 is 1.15 bits per heavy atom. The molecular formula is C18H15ClFN3O3. The van der Waals surface area contributed by atoms with E-state index in [-0.39, 0.29) is 24.0 Å². The molecule has 0 bridgehead atoms. The summed E-state index contributed by atoms with van der Waals surface area (Å²) in [5.41, 5.74) is 0.242. The zero-order valence-electron chi connectivity index (χ0n) is 13.6.